The topological polar surface area (TPSA) is 96.8 Å². The molecule has 144 valence electrons. The number of aliphatic hydroxyl groups excluding tert-OH is 1. The van der Waals surface area contributed by atoms with E-state index in [4.69, 9.17) is 9.47 Å². The van der Waals surface area contributed by atoms with Crippen molar-refractivity contribution < 1.29 is 19.4 Å². The molecule has 8 nitrogen and oxygen atoms in total. The molecule has 3 rings (SSSR count). The Balaban J connectivity index is 1.80. The lowest BCUT2D eigenvalue weighted by Gasteiger charge is -2.35. The van der Waals surface area contributed by atoms with E-state index >= 15 is 0 Å². The number of hydrogen-bond acceptors (Lipinski definition) is 7. The average Bonchev–Trinajstić information content (AvgIpc) is 2.87. The predicted molar refractivity (Wildman–Crippen MR) is 95.7 cm³/mol. The molecule has 3 heterocycles. The molecular weight excluding hydrogens is 336 g/mol. The summed E-state index contributed by atoms with van der Waals surface area (Å²) >= 11 is 0. The minimum absolute atomic E-state index is 0.227. The van der Waals surface area contributed by atoms with Crippen LogP contribution in [0.1, 0.15) is 51.8 Å². The van der Waals surface area contributed by atoms with Crippen LogP contribution in [-0.2, 0) is 21.6 Å². The van der Waals surface area contributed by atoms with Gasteiger partial charge in [0.15, 0.2) is 0 Å². The summed E-state index contributed by atoms with van der Waals surface area (Å²) in [7, 11) is 0. The quantitative estimate of drug-likeness (QED) is 0.847. The number of aromatic nitrogens is 2. The number of nitrogens with one attached hydrogen (secondary N) is 1. The first kappa shape index (κ1) is 18.8. The standard InChI is InChI=1S/C18H28N4O4/c1-17(2,3)26-16(24)22-10-14-13(18(22,4)11-23)9-19-15(21-14)20-12-5-7-25-8-6-12/h9,12,23H,5-8,10-11H2,1-4H3,(H,19,20,21). The molecule has 8 heteroatoms. The second-order valence-corrected chi connectivity index (χ2v) is 8.08. The molecule has 1 amide bonds. The van der Waals surface area contributed by atoms with Crippen molar-refractivity contribution in [3.05, 3.63) is 17.5 Å². The highest BCUT2D eigenvalue weighted by Crippen LogP contribution is 2.39. The van der Waals surface area contributed by atoms with Gasteiger partial charge < -0.3 is 19.9 Å². The Labute approximate surface area is 153 Å². The Hall–Kier alpha value is -1.93. The summed E-state index contributed by atoms with van der Waals surface area (Å²) in [4.78, 5) is 23.1. The maximum Gasteiger partial charge on any atom is 0.411 e. The number of nitrogens with zero attached hydrogens (tertiary/aromatic N) is 3. The number of carbonyl (C=O) groups excluding carboxylic acids is 1. The van der Waals surface area contributed by atoms with Crippen LogP contribution < -0.4 is 5.32 Å². The van der Waals surface area contributed by atoms with E-state index in [-0.39, 0.29) is 19.2 Å². The van der Waals surface area contributed by atoms with Gasteiger partial charge in [-0.2, -0.15) is 0 Å². The van der Waals surface area contributed by atoms with Crippen molar-refractivity contribution in [2.45, 2.75) is 64.3 Å². The zero-order chi connectivity index (χ0) is 18.9. The third-order valence-electron chi connectivity index (χ3n) is 4.83. The summed E-state index contributed by atoms with van der Waals surface area (Å²) < 4.78 is 10.9. The van der Waals surface area contributed by atoms with Gasteiger partial charge in [0.25, 0.3) is 0 Å². The Kier molecular flexibility index (Phi) is 5.07. The Morgan fingerprint density at radius 2 is 2.15 bits per heavy atom. The second kappa shape index (κ2) is 7.00. The normalized spacial score (nSPS) is 23.7. The van der Waals surface area contributed by atoms with Crippen molar-refractivity contribution in [1.82, 2.24) is 14.9 Å². The number of amides is 1. The van der Waals surface area contributed by atoms with Crippen molar-refractivity contribution in [2.24, 2.45) is 0 Å². The molecule has 1 aromatic heterocycles. The van der Waals surface area contributed by atoms with Crippen LogP contribution in [0.25, 0.3) is 0 Å². The molecule has 2 aliphatic heterocycles. The second-order valence-electron chi connectivity index (χ2n) is 8.08. The number of carbonyl (C=O) groups is 1. The van der Waals surface area contributed by atoms with Crippen LogP contribution in [0.3, 0.4) is 0 Å². The van der Waals surface area contributed by atoms with E-state index in [1.54, 1.807) is 13.1 Å². The predicted octanol–water partition coefficient (Wildman–Crippen LogP) is 2.03. The van der Waals surface area contributed by atoms with E-state index in [1.165, 1.54) is 4.90 Å². The lowest BCUT2D eigenvalue weighted by molar-refractivity contribution is -0.0113. The SMILES string of the molecule is CC(C)(C)OC(=O)N1Cc2nc(NC3CCOCC3)ncc2C1(C)CO. The first-order valence-electron chi connectivity index (χ1n) is 9.05. The molecule has 1 unspecified atom stereocenters. The van der Waals surface area contributed by atoms with E-state index in [9.17, 15) is 9.90 Å². The molecule has 2 N–H and O–H groups in total. The number of fused-ring (bicyclic) bond motifs is 1. The average molecular weight is 364 g/mol. The van der Waals surface area contributed by atoms with E-state index < -0.39 is 17.2 Å². The highest BCUT2D eigenvalue weighted by atomic mass is 16.6. The van der Waals surface area contributed by atoms with Crippen molar-refractivity contribution in [2.75, 3.05) is 25.1 Å². The summed E-state index contributed by atoms with van der Waals surface area (Å²) in [6.45, 7) is 8.79. The van der Waals surface area contributed by atoms with E-state index in [2.05, 4.69) is 15.3 Å². The van der Waals surface area contributed by atoms with Gasteiger partial charge in [0.2, 0.25) is 5.95 Å². The van der Waals surface area contributed by atoms with Crippen LogP contribution >= 0.6 is 0 Å². The summed E-state index contributed by atoms with van der Waals surface area (Å²) in [6.07, 6.45) is 3.06. The molecule has 1 atom stereocenters. The monoisotopic (exact) mass is 364 g/mol. The van der Waals surface area contributed by atoms with Gasteiger partial charge in [-0.1, -0.05) is 0 Å². The van der Waals surface area contributed by atoms with Crippen molar-refractivity contribution in [3.63, 3.8) is 0 Å². The highest BCUT2D eigenvalue weighted by molar-refractivity contribution is 5.71. The third-order valence-corrected chi connectivity index (χ3v) is 4.83. The Morgan fingerprint density at radius 3 is 2.77 bits per heavy atom. The third kappa shape index (κ3) is 3.76. The zero-order valence-electron chi connectivity index (χ0n) is 15.9. The molecule has 1 aromatic rings. The van der Waals surface area contributed by atoms with Gasteiger partial charge in [-0.3, -0.25) is 4.90 Å². The van der Waals surface area contributed by atoms with Crippen LogP contribution in [-0.4, -0.2) is 57.5 Å². The van der Waals surface area contributed by atoms with Crippen LogP contribution in [0.4, 0.5) is 10.7 Å². The maximum absolute atomic E-state index is 12.6. The molecule has 0 saturated carbocycles. The molecule has 0 spiro atoms. The Morgan fingerprint density at radius 1 is 1.46 bits per heavy atom. The smallest absolute Gasteiger partial charge is 0.411 e. The molecule has 1 saturated heterocycles. The van der Waals surface area contributed by atoms with E-state index in [1.807, 2.05) is 20.8 Å². The fraction of sp³-hybridized carbons (Fsp3) is 0.722. The first-order chi connectivity index (χ1) is 12.2. The molecule has 2 aliphatic rings. The Bertz CT molecular complexity index is 670. The van der Waals surface area contributed by atoms with Crippen molar-refractivity contribution in [1.29, 1.82) is 0 Å². The molecule has 26 heavy (non-hydrogen) atoms. The van der Waals surface area contributed by atoms with Gasteiger partial charge in [-0.05, 0) is 40.5 Å². The minimum atomic E-state index is -0.894. The van der Waals surface area contributed by atoms with Crippen molar-refractivity contribution in [3.8, 4) is 0 Å². The minimum Gasteiger partial charge on any atom is -0.444 e. The van der Waals surface area contributed by atoms with Crippen LogP contribution in [0.2, 0.25) is 0 Å². The molecule has 0 bridgehead atoms. The summed E-state index contributed by atoms with van der Waals surface area (Å²) in [5.41, 5.74) is -0.0150. The summed E-state index contributed by atoms with van der Waals surface area (Å²) in [5.74, 6) is 0.543. The fourth-order valence-electron chi connectivity index (χ4n) is 3.30. The van der Waals surface area contributed by atoms with Gasteiger partial charge >= 0.3 is 6.09 Å². The lowest BCUT2D eigenvalue weighted by Crippen LogP contribution is -2.47. The van der Waals surface area contributed by atoms with Crippen LogP contribution in [0.15, 0.2) is 6.20 Å². The number of aliphatic hydroxyl groups is 1. The number of rotatable bonds is 3. The van der Waals surface area contributed by atoms with Gasteiger partial charge in [-0.15, -0.1) is 0 Å². The maximum atomic E-state index is 12.6. The molecular formula is C18H28N4O4. The fourth-order valence-corrected chi connectivity index (χ4v) is 3.30. The van der Waals surface area contributed by atoms with Gasteiger partial charge in [0, 0.05) is 31.0 Å². The summed E-state index contributed by atoms with van der Waals surface area (Å²) in [5, 5.41) is 13.3. The number of ether oxygens (including phenoxy) is 2. The molecule has 0 radical (unpaired) electrons. The van der Waals surface area contributed by atoms with Gasteiger partial charge in [0.1, 0.15) is 5.60 Å². The van der Waals surface area contributed by atoms with Gasteiger partial charge in [-0.25, -0.2) is 14.8 Å². The zero-order valence-corrected chi connectivity index (χ0v) is 15.9. The van der Waals surface area contributed by atoms with Crippen molar-refractivity contribution >= 4 is 12.0 Å². The van der Waals surface area contributed by atoms with E-state index in [0.717, 1.165) is 37.3 Å². The largest absolute Gasteiger partial charge is 0.444 e. The first-order valence-corrected chi connectivity index (χ1v) is 9.05. The lowest BCUT2D eigenvalue weighted by atomic mass is 9.96. The molecule has 1 fully saturated rings. The van der Waals surface area contributed by atoms with Crippen LogP contribution in [0.5, 0.6) is 0 Å². The van der Waals surface area contributed by atoms with E-state index in [0.29, 0.717) is 5.95 Å². The number of anilines is 1. The molecule has 0 aromatic carbocycles. The summed E-state index contributed by atoms with van der Waals surface area (Å²) in [6, 6.07) is 0.286. The van der Waals surface area contributed by atoms with Gasteiger partial charge in [0.05, 0.1) is 24.4 Å². The van der Waals surface area contributed by atoms with Crippen LogP contribution in [0, 0.1) is 0 Å². The number of hydrogen-bond donors (Lipinski definition) is 2. The molecule has 0 aliphatic carbocycles. The highest BCUT2D eigenvalue weighted by Gasteiger charge is 2.46.